The number of hydrogen-bond donors (Lipinski definition) is 0. The largest absolute Gasteiger partial charge is 0.466 e. The third-order valence-electron chi connectivity index (χ3n) is 4.78. The van der Waals surface area contributed by atoms with Crippen LogP contribution < -0.4 is 15.9 Å². The highest BCUT2D eigenvalue weighted by Gasteiger charge is 2.24. The van der Waals surface area contributed by atoms with Crippen LogP contribution in [0.25, 0.3) is 0 Å². The van der Waals surface area contributed by atoms with E-state index in [9.17, 15) is 4.79 Å². The molecule has 0 heterocycles. The standard InChI is InChI=1S/C25H27O2P/c1-2-27-25(26)20-12-13-21-28(22-14-6-3-7-15-22,23-16-8-4-9-17-23)24-18-10-5-11-19-24/h3-11,14-19,21H,2,12-13,20H2,1H3. The van der Waals surface area contributed by atoms with E-state index in [0.29, 0.717) is 13.0 Å². The van der Waals surface area contributed by atoms with E-state index in [4.69, 9.17) is 4.74 Å². The van der Waals surface area contributed by atoms with Crippen LogP contribution in [-0.4, -0.2) is 18.4 Å². The summed E-state index contributed by atoms with van der Waals surface area (Å²) in [4.78, 5) is 11.8. The summed E-state index contributed by atoms with van der Waals surface area (Å²) in [6, 6.07) is 32.3. The molecule has 144 valence electrons. The van der Waals surface area contributed by atoms with Crippen molar-refractivity contribution >= 4 is 34.6 Å². The Morgan fingerprint density at radius 3 is 1.61 bits per heavy atom. The molecule has 3 rings (SSSR count). The van der Waals surface area contributed by atoms with Gasteiger partial charge in [0.05, 0.1) is 6.61 Å². The molecular formula is C25H27O2P. The van der Waals surface area contributed by atoms with Gasteiger partial charge in [-0.05, 0) is 42.6 Å². The zero-order valence-electron chi connectivity index (χ0n) is 16.3. The highest BCUT2D eigenvalue weighted by atomic mass is 31.2. The van der Waals surface area contributed by atoms with Crippen LogP contribution in [-0.2, 0) is 9.53 Å². The summed E-state index contributed by atoms with van der Waals surface area (Å²) in [5, 5.41) is 4.01. The van der Waals surface area contributed by atoms with Crippen molar-refractivity contribution in [2.75, 3.05) is 6.61 Å². The second kappa shape index (κ2) is 10.1. The molecule has 0 bridgehead atoms. The molecule has 0 N–H and O–H groups in total. The van der Waals surface area contributed by atoms with E-state index in [1.165, 1.54) is 15.9 Å². The summed E-state index contributed by atoms with van der Waals surface area (Å²) in [5.41, 5.74) is 0. The van der Waals surface area contributed by atoms with E-state index in [1.807, 2.05) is 6.92 Å². The quantitative estimate of drug-likeness (QED) is 0.321. The van der Waals surface area contributed by atoms with Crippen molar-refractivity contribution in [3.63, 3.8) is 0 Å². The number of hydrogen-bond acceptors (Lipinski definition) is 2. The second-order valence-corrected chi connectivity index (χ2v) is 9.97. The van der Waals surface area contributed by atoms with Gasteiger partial charge < -0.3 is 4.74 Å². The second-order valence-electron chi connectivity index (χ2n) is 6.61. The van der Waals surface area contributed by atoms with Gasteiger partial charge >= 0.3 is 5.97 Å². The summed E-state index contributed by atoms with van der Waals surface area (Å²) in [6.45, 7) is 0.384. The van der Waals surface area contributed by atoms with Crippen LogP contribution in [0.3, 0.4) is 0 Å². The summed E-state index contributed by atoms with van der Waals surface area (Å²) < 4.78 is 5.08. The average Bonchev–Trinajstić information content (AvgIpc) is 2.76. The van der Waals surface area contributed by atoms with E-state index in [-0.39, 0.29) is 5.97 Å². The minimum atomic E-state index is -1.91. The molecule has 0 unspecified atom stereocenters. The van der Waals surface area contributed by atoms with Crippen LogP contribution >= 0.6 is 6.89 Å². The Labute approximate surface area is 168 Å². The highest BCUT2D eigenvalue weighted by molar-refractivity contribution is 7.94. The van der Waals surface area contributed by atoms with Gasteiger partial charge in [-0.1, -0.05) is 96.8 Å². The third kappa shape index (κ3) is 4.64. The van der Waals surface area contributed by atoms with Gasteiger partial charge in [0.25, 0.3) is 0 Å². The van der Waals surface area contributed by atoms with Gasteiger partial charge in [-0.2, -0.15) is 0 Å². The topological polar surface area (TPSA) is 26.3 Å². The maximum absolute atomic E-state index is 11.8. The molecule has 0 saturated heterocycles. The fourth-order valence-electron chi connectivity index (χ4n) is 3.52. The molecule has 0 fully saturated rings. The van der Waals surface area contributed by atoms with E-state index in [2.05, 4.69) is 96.8 Å². The predicted octanol–water partition coefficient (Wildman–Crippen LogP) is 4.52. The Balaban J connectivity index is 2.09. The SMILES string of the molecule is CCOC(=O)CCCC=P(c1ccccc1)(c1ccccc1)c1ccccc1. The van der Waals surface area contributed by atoms with Crippen LogP contribution in [0.15, 0.2) is 91.0 Å². The molecule has 0 radical (unpaired) electrons. The van der Waals surface area contributed by atoms with E-state index >= 15 is 0 Å². The van der Waals surface area contributed by atoms with Crippen LogP contribution in [0.4, 0.5) is 0 Å². The molecule has 0 spiro atoms. The fourth-order valence-corrected chi connectivity index (χ4v) is 7.54. The Morgan fingerprint density at radius 2 is 1.21 bits per heavy atom. The molecular weight excluding hydrogens is 363 g/mol. The van der Waals surface area contributed by atoms with E-state index in [1.54, 1.807) is 0 Å². The zero-order chi connectivity index (χ0) is 19.7. The molecule has 0 atom stereocenters. The van der Waals surface area contributed by atoms with Crippen LogP contribution in [0, 0.1) is 0 Å². The molecule has 0 saturated carbocycles. The number of esters is 1. The van der Waals surface area contributed by atoms with Crippen molar-refractivity contribution in [2.45, 2.75) is 26.2 Å². The lowest BCUT2D eigenvalue weighted by molar-refractivity contribution is -0.143. The minimum absolute atomic E-state index is 0.112. The smallest absolute Gasteiger partial charge is 0.305 e. The van der Waals surface area contributed by atoms with Gasteiger partial charge in [0.2, 0.25) is 0 Å². The predicted molar refractivity (Wildman–Crippen MR) is 122 cm³/mol. The molecule has 0 aliphatic rings. The Hall–Kier alpha value is -2.57. The number of benzene rings is 3. The van der Waals surface area contributed by atoms with Gasteiger partial charge in [-0.25, -0.2) is 0 Å². The van der Waals surface area contributed by atoms with Crippen molar-refractivity contribution < 1.29 is 9.53 Å². The fraction of sp³-hybridized carbons (Fsp3) is 0.200. The van der Waals surface area contributed by atoms with Crippen LogP contribution in [0.2, 0.25) is 0 Å². The summed E-state index contributed by atoms with van der Waals surface area (Å²) in [5.74, 6) is 2.35. The third-order valence-corrected chi connectivity index (χ3v) is 8.93. The molecule has 0 aromatic heterocycles. The first-order valence-corrected chi connectivity index (χ1v) is 11.7. The lowest BCUT2D eigenvalue weighted by atomic mass is 10.2. The number of unbranched alkanes of at least 4 members (excludes halogenated alkanes) is 1. The molecule has 2 nitrogen and oxygen atoms in total. The number of carbonyl (C=O) groups excluding carboxylic acids is 1. The van der Waals surface area contributed by atoms with Crippen LogP contribution in [0.1, 0.15) is 26.2 Å². The minimum Gasteiger partial charge on any atom is -0.466 e. The maximum atomic E-state index is 11.8. The van der Waals surface area contributed by atoms with Gasteiger partial charge in [0.15, 0.2) is 0 Å². The molecule has 3 aromatic rings. The zero-order valence-corrected chi connectivity index (χ0v) is 17.2. The summed E-state index contributed by atoms with van der Waals surface area (Å²) in [7, 11) is 0. The monoisotopic (exact) mass is 390 g/mol. The number of ether oxygens (including phenoxy) is 1. The van der Waals surface area contributed by atoms with Gasteiger partial charge in [0.1, 0.15) is 0 Å². The molecule has 0 aliphatic heterocycles. The lowest BCUT2D eigenvalue weighted by Crippen LogP contribution is -2.27. The van der Waals surface area contributed by atoms with Crippen molar-refractivity contribution in [3.8, 4) is 0 Å². The van der Waals surface area contributed by atoms with Crippen molar-refractivity contribution in [1.82, 2.24) is 0 Å². The molecule has 0 amide bonds. The first kappa shape index (κ1) is 20.2. The summed E-state index contributed by atoms with van der Waals surface area (Å²) in [6.07, 6.45) is 2.13. The number of rotatable bonds is 8. The molecule has 3 heteroatoms. The summed E-state index contributed by atoms with van der Waals surface area (Å²) >= 11 is 0. The Morgan fingerprint density at radius 1 is 0.786 bits per heavy atom. The first-order chi connectivity index (χ1) is 13.8. The van der Waals surface area contributed by atoms with Crippen molar-refractivity contribution in [3.05, 3.63) is 91.0 Å². The maximum Gasteiger partial charge on any atom is 0.305 e. The average molecular weight is 390 g/mol. The number of carbonyl (C=O) groups is 1. The van der Waals surface area contributed by atoms with Crippen LogP contribution in [0.5, 0.6) is 0 Å². The normalized spacial score (nSPS) is 11.0. The Kier molecular flexibility index (Phi) is 7.28. The van der Waals surface area contributed by atoms with E-state index in [0.717, 1.165) is 12.8 Å². The molecule has 3 aromatic carbocycles. The molecule has 0 aliphatic carbocycles. The van der Waals surface area contributed by atoms with Gasteiger partial charge in [0, 0.05) is 6.42 Å². The Bertz CT molecular complexity index is 815. The van der Waals surface area contributed by atoms with Gasteiger partial charge in [-0.3, -0.25) is 4.79 Å². The van der Waals surface area contributed by atoms with Crippen molar-refractivity contribution in [1.29, 1.82) is 0 Å². The lowest BCUT2D eigenvalue weighted by Gasteiger charge is -2.29. The van der Waals surface area contributed by atoms with Crippen molar-refractivity contribution in [2.24, 2.45) is 0 Å². The first-order valence-electron chi connectivity index (χ1n) is 9.83. The van der Waals surface area contributed by atoms with E-state index < -0.39 is 6.89 Å². The molecule has 28 heavy (non-hydrogen) atoms. The highest BCUT2D eigenvalue weighted by Crippen LogP contribution is 2.44. The van der Waals surface area contributed by atoms with Gasteiger partial charge in [-0.15, -0.1) is 0 Å².